The summed E-state index contributed by atoms with van der Waals surface area (Å²) in [5.41, 5.74) is 1.63. The molecule has 0 aromatic carbocycles. The Kier molecular flexibility index (Phi) is 5.53. The molecule has 0 radical (unpaired) electrons. The summed E-state index contributed by atoms with van der Waals surface area (Å²) in [6.07, 6.45) is 2.91. The largest absolute Gasteiger partial charge is 0.465 e. The zero-order chi connectivity index (χ0) is 17.1. The molecule has 1 atom stereocenters. The molecular weight excluding hydrogens is 328 g/mol. The highest BCUT2D eigenvalue weighted by atomic mass is 32.1. The van der Waals surface area contributed by atoms with Gasteiger partial charge in [-0.1, -0.05) is 6.92 Å². The lowest BCUT2D eigenvalue weighted by Crippen LogP contribution is -3.15. The Bertz CT molecular complexity index is 622. The first-order valence-electron chi connectivity index (χ1n) is 8.52. The Balaban J connectivity index is 1.76. The summed E-state index contributed by atoms with van der Waals surface area (Å²) in [4.78, 5) is 27.1. The summed E-state index contributed by atoms with van der Waals surface area (Å²) in [6, 6.07) is 0. The molecule has 1 amide bonds. The molecule has 2 aliphatic rings. The Morgan fingerprint density at radius 1 is 1.38 bits per heavy atom. The molecule has 3 rings (SSSR count). The van der Waals surface area contributed by atoms with Crippen molar-refractivity contribution in [2.45, 2.75) is 26.2 Å². The van der Waals surface area contributed by atoms with Crippen molar-refractivity contribution >= 4 is 28.2 Å². The number of carbonyl (C=O) groups is 2. The third-order valence-electron chi connectivity index (χ3n) is 4.76. The highest BCUT2D eigenvalue weighted by molar-refractivity contribution is 7.17. The summed E-state index contributed by atoms with van der Waals surface area (Å²) in [6.45, 7) is 5.71. The summed E-state index contributed by atoms with van der Waals surface area (Å²) >= 11 is 1.53. The maximum Gasteiger partial charge on any atom is 0.341 e. The Labute approximate surface area is 146 Å². The van der Waals surface area contributed by atoms with Gasteiger partial charge in [-0.3, -0.25) is 4.79 Å². The molecule has 1 saturated heterocycles. The van der Waals surface area contributed by atoms with Crippen LogP contribution in [0.15, 0.2) is 0 Å². The van der Waals surface area contributed by atoms with Gasteiger partial charge in [0, 0.05) is 4.88 Å². The van der Waals surface area contributed by atoms with Crippen molar-refractivity contribution in [3.63, 3.8) is 0 Å². The summed E-state index contributed by atoms with van der Waals surface area (Å²) in [5, 5.41) is 3.61. The molecule has 0 saturated carbocycles. The van der Waals surface area contributed by atoms with Gasteiger partial charge < -0.3 is 19.7 Å². The van der Waals surface area contributed by atoms with Crippen LogP contribution < -0.4 is 10.2 Å². The number of morpholine rings is 1. The SMILES string of the molecule is COC(=O)c1c(NC(=O)C[NH+]2CCOCC2)sc2c1CC[C@@H](C)C2. The fourth-order valence-corrected chi connectivity index (χ4v) is 4.81. The average Bonchev–Trinajstić information content (AvgIpc) is 2.91. The zero-order valence-corrected chi connectivity index (χ0v) is 15.1. The lowest BCUT2D eigenvalue weighted by atomic mass is 9.88. The number of thiophene rings is 1. The van der Waals surface area contributed by atoms with E-state index in [2.05, 4.69) is 12.2 Å². The van der Waals surface area contributed by atoms with Crippen LogP contribution in [-0.2, 0) is 27.1 Å². The van der Waals surface area contributed by atoms with E-state index in [-0.39, 0.29) is 11.9 Å². The number of carbonyl (C=O) groups excluding carboxylic acids is 2. The van der Waals surface area contributed by atoms with E-state index >= 15 is 0 Å². The molecule has 7 heteroatoms. The van der Waals surface area contributed by atoms with E-state index in [9.17, 15) is 9.59 Å². The van der Waals surface area contributed by atoms with E-state index in [0.717, 1.165) is 37.9 Å². The van der Waals surface area contributed by atoms with Crippen LogP contribution in [0.2, 0.25) is 0 Å². The number of methoxy groups -OCH3 is 1. The van der Waals surface area contributed by atoms with Gasteiger partial charge in [-0.2, -0.15) is 0 Å². The topological polar surface area (TPSA) is 69.1 Å². The van der Waals surface area contributed by atoms with E-state index in [1.807, 2.05) is 0 Å². The van der Waals surface area contributed by atoms with Crippen LogP contribution in [0.1, 0.15) is 34.1 Å². The number of amides is 1. The number of hydrogen-bond donors (Lipinski definition) is 2. The molecule has 132 valence electrons. The third kappa shape index (κ3) is 3.79. The van der Waals surface area contributed by atoms with Crippen LogP contribution in [0.4, 0.5) is 5.00 Å². The summed E-state index contributed by atoms with van der Waals surface area (Å²) in [5.74, 6) is 0.211. The van der Waals surface area contributed by atoms with E-state index in [4.69, 9.17) is 9.47 Å². The van der Waals surface area contributed by atoms with Gasteiger partial charge in [0.25, 0.3) is 5.91 Å². The molecule has 1 fully saturated rings. The van der Waals surface area contributed by atoms with Gasteiger partial charge >= 0.3 is 5.97 Å². The number of anilines is 1. The van der Waals surface area contributed by atoms with Gasteiger partial charge in [-0.25, -0.2) is 4.79 Å². The van der Waals surface area contributed by atoms with Gasteiger partial charge in [0.2, 0.25) is 0 Å². The van der Waals surface area contributed by atoms with Crippen LogP contribution in [0.25, 0.3) is 0 Å². The molecule has 6 nitrogen and oxygen atoms in total. The molecule has 1 aromatic rings. The Morgan fingerprint density at radius 3 is 2.83 bits per heavy atom. The molecule has 0 bridgehead atoms. The molecule has 2 N–H and O–H groups in total. The molecule has 1 aliphatic carbocycles. The number of ether oxygens (including phenoxy) is 2. The number of hydrogen-bond acceptors (Lipinski definition) is 5. The minimum atomic E-state index is -0.351. The third-order valence-corrected chi connectivity index (χ3v) is 5.93. The lowest BCUT2D eigenvalue weighted by Gasteiger charge is -2.23. The van der Waals surface area contributed by atoms with Gasteiger partial charge in [0.1, 0.15) is 18.1 Å². The molecule has 2 heterocycles. The number of rotatable bonds is 4. The molecule has 1 aliphatic heterocycles. The van der Waals surface area contributed by atoms with Crippen molar-refractivity contribution in [1.29, 1.82) is 0 Å². The lowest BCUT2D eigenvalue weighted by molar-refractivity contribution is -0.899. The quantitative estimate of drug-likeness (QED) is 0.774. The second-order valence-corrected chi connectivity index (χ2v) is 7.74. The maximum absolute atomic E-state index is 12.4. The first-order valence-corrected chi connectivity index (χ1v) is 9.34. The van der Waals surface area contributed by atoms with Crippen molar-refractivity contribution < 1.29 is 24.0 Å². The fraction of sp³-hybridized carbons (Fsp3) is 0.647. The normalized spacial score (nSPS) is 21.2. The number of esters is 1. The van der Waals surface area contributed by atoms with Gasteiger partial charge in [-0.05, 0) is 30.7 Å². The number of quaternary nitrogens is 1. The first kappa shape index (κ1) is 17.4. The molecule has 0 unspecified atom stereocenters. The van der Waals surface area contributed by atoms with E-state index in [1.54, 1.807) is 0 Å². The standard InChI is InChI=1S/C17H24N2O4S/c1-11-3-4-12-13(9-11)24-16(15(12)17(21)22-2)18-14(20)10-19-5-7-23-8-6-19/h11H,3-10H2,1-2H3,(H,18,20)/p+1/t11-/m1/s1. The highest BCUT2D eigenvalue weighted by Gasteiger charge is 2.29. The average molecular weight is 353 g/mol. The molecule has 1 aromatic heterocycles. The second kappa shape index (κ2) is 7.63. The van der Waals surface area contributed by atoms with E-state index < -0.39 is 0 Å². The molecule has 24 heavy (non-hydrogen) atoms. The van der Waals surface area contributed by atoms with Crippen LogP contribution in [-0.4, -0.2) is 51.8 Å². The molecular formula is C17H25N2O4S+. The first-order chi connectivity index (χ1) is 11.6. The van der Waals surface area contributed by atoms with Crippen LogP contribution >= 0.6 is 11.3 Å². The molecule has 0 spiro atoms. The van der Waals surface area contributed by atoms with Crippen LogP contribution in [0.3, 0.4) is 0 Å². The maximum atomic E-state index is 12.4. The van der Waals surface area contributed by atoms with E-state index in [1.165, 1.54) is 28.2 Å². The Hall–Kier alpha value is -1.44. The predicted octanol–water partition coefficient (Wildman–Crippen LogP) is 0.513. The smallest absolute Gasteiger partial charge is 0.341 e. The van der Waals surface area contributed by atoms with Crippen molar-refractivity contribution in [3.8, 4) is 0 Å². The van der Waals surface area contributed by atoms with Crippen molar-refractivity contribution in [1.82, 2.24) is 0 Å². The number of nitrogens with one attached hydrogen (secondary N) is 2. The van der Waals surface area contributed by atoms with Crippen LogP contribution in [0.5, 0.6) is 0 Å². The van der Waals surface area contributed by atoms with Gasteiger partial charge in [0.15, 0.2) is 6.54 Å². The highest BCUT2D eigenvalue weighted by Crippen LogP contribution is 2.39. The van der Waals surface area contributed by atoms with Crippen molar-refractivity contribution in [3.05, 3.63) is 16.0 Å². The minimum absolute atomic E-state index is 0.0521. The second-order valence-electron chi connectivity index (χ2n) is 6.63. The summed E-state index contributed by atoms with van der Waals surface area (Å²) < 4.78 is 10.3. The van der Waals surface area contributed by atoms with Crippen molar-refractivity contribution in [2.75, 3.05) is 45.3 Å². The predicted molar refractivity (Wildman–Crippen MR) is 91.9 cm³/mol. The van der Waals surface area contributed by atoms with Crippen molar-refractivity contribution in [2.24, 2.45) is 5.92 Å². The van der Waals surface area contributed by atoms with Crippen LogP contribution in [0, 0.1) is 5.92 Å². The monoisotopic (exact) mass is 353 g/mol. The van der Waals surface area contributed by atoms with Gasteiger partial charge in [0.05, 0.1) is 25.9 Å². The zero-order valence-electron chi connectivity index (χ0n) is 14.3. The summed E-state index contributed by atoms with van der Waals surface area (Å²) in [7, 11) is 1.39. The fourth-order valence-electron chi connectivity index (χ4n) is 3.39. The van der Waals surface area contributed by atoms with E-state index in [0.29, 0.717) is 36.2 Å². The number of fused-ring (bicyclic) bond motifs is 1. The van der Waals surface area contributed by atoms with Gasteiger partial charge in [-0.15, -0.1) is 11.3 Å². The Morgan fingerprint density at radius 2 is 2.12 bits per heavy atom. The minimum Gasteiger partial charge on any atom is -0.465 e.